The third kappa shape index (κ3) is 4.35. The second kappa shape index (κ2) is 8.64. The molecular weight excluding hydrogens is 549 g/mol. The molecule has 0 atom stereocenters. The van der Waals surface area contributed by atoms with Crippen LogP contribution in [0, 0.1) is 5.82 Å². The van der Waals surface area contributed by atoms with E-state index in [1.807, 2.05) is 0 Å². The van der Waals surface area contributed by atoms with E-state index >= 15 is 0 Å². The van der Waals surface area contributed by atoms with Crippen LogP contribution in [0.4, 0.5) is 23.2 Å². The molecule has 0 bridgehead atoms. The van der Waals surface area contributed by atoms with Gasteiger partial charge in [-0.2, -0.15) is 18.2 Å². The summed E-state index contributed by atoms with van der Waals surface area (Å²) in [6.45, 7) is 0. The lowest BCUT2D eigenvalue weighted by Crippen LogP contribution is -2.38. The van der Waals surface area contributed by atoms with E-state index in [-0.39, 0.29) is 24.8 Å². The van der Waals surface area contributed by atoms with Crippen LogP contribution in [0.1, 0.15) is 5.69 Å². The summed E-state index contributed by atoms with van der Waals surface area (Å²) in [5, 5.41) is -1.43. The van der Waals surface area contributed by atoms with Crippen molar-refractivity contribution in [3.8, 4) is 17.3 Å². The molecule has 0 fully saturated rings. The third-order valence-electron chi connectivity index (χ3n) is 3.82. The first-order valence-electron chi connectivity index (χ1n) is 7.83. The lowest BCUT2D eigenvalue weighted by Gasteiger charge is -2.15. The summed E-state index contributed by atoms with van der Waals surface area (Å²) in [6.07, 6.45) is -5.14. The predicted molar refractivity (Wildman–Crippen MR) is 111 cm³/mol. The molecule has 0 saturated heterocycles. The van der Waals surface area contributed by atoms with Crippen molar-refractivity contribution in [3.63, 3.8) is 0 Å². The highest BCUT2D eigenvalue weighted by atomic mass is 35.5. The molecule has 3 N–H and O–H groups in total. The van der Waals surface area contributed by atoms with Crippen LogP contribution in [0.15, 0.2) is 21.7 Å². The van der Waals surface area contributed by atoms with Crippen LogP contribution in [0.25, 0.3) is 5.69 Å². The topological polar surface area (TPSA) is 103 Å². The van der Waals surface area contributed by atoms with E-state index in [0.29, 0.717) is 6.07 Å². The maximum Gasteiger partial charge on any atom is 0.433 e. The summed E-state index contributed by atoms with van der Waals surface area (Å²) in [5.41, 5.74) is -2.03. The Kier molecular flexibility index (Phi) is 6.60. The minimum absolute atomic E-state index is 0.0277. The number of hydrogen-bond acceptors (Lipinski definition) is 5. The van der Waals surface area contributed by atoms with Crippen LogP contribution in [-0.4, -0.2) is 14.5 Å². The normalized spacial score (nSPS) is 11.7. The molecule has 170 valence electrons. The minimum Gasteiger partial charge on any atom is -0.436 e. The molecule has 0 aliphatic rings. The molecule has 2 aromatic heterocycles. The van der Waals surface area contributed by atoms with Crippen molar-refractivity contribution < 1.29 is 22.3 Å². The number of H-pyrrole nitrogens is 1. The fourth-order valence-electron chi connectivity index (χ4n) is 2.40. The number of ether oxygens (including phenoxy) is 1. The van der Waals surface area contributed by atoms with Gasteiger partial charge >= 0.3 is 11.9 Å². The zero-order valence-corrected chi connectivity index (χ0v) is 18.5. The van der Waals surface area contributed by atoms with Crippen molar-refractivity contribution in [3.05, 3.63) is 69.7 Å². The highest BCUT2D eigenvalue weighted by molar-refractivity contribution is 6.51. The first-order chi connectivity index (χ1) is 14.7. The predicted octanol–water partition coefficient (Wildman–Crippen LogP) is 5.72. The fourth-order valence-corrected chi connectivity index (χ4v) is 3.34. The number of nitrogen functional groups attached to an aromatic ring is 1. The summed E-state index contributed by atoms with van der Waals surface area (Å²) in [7, 11) is 0. The largest absolute Gasteiger partial charge is 0.436 e. The number of aromatic amines is 1. The van der Waals surface area contributed by atoms with E-state index in [0.717, 1.165) is 6.07 Å². The molecule has 0 saturated carbocycles. The Morgan fingerprint density at radius 2 is 1.66 bits per heavy atom. The van der Waals surface area contributed by atoms with Gasteiger partial charge in [-0.15, -0.1) is 0 Å². The zero-order valence-electron chi connectivity index (χ0n) is 14.8. The standard InChI is InChI=1S/C16H5Cl5F4N4O3/c17-3-1-4(22)5(29-14(30)10(26)11(16(23,24)25)27-15(29)31)2-6(3)32-13-9(20)7(18)8(19)12(21)28-13/h1-2H,26H2,(H,27,31). The fraction of sp³-hybridized carbons (Fsp3) is 0.0625. The Bertz CT molecular complexity index is 1370. The maximum absolute atomic E-state index is 14.5. The van der Waals surface area contributed by atoms with Crippen LogP contribution in [0.3, 0.4) is 0 Å². The van der Waals surface area contributed by atoms with Gasteiger partial charge in [-0.1, -0.05) is 58.0 Å². The highest BCUT2D eigenvalue weighted by Crippen LogP contribution is 2.42. The first kappa shape index (κ1) is 24.5. The Balaban J connectivity index is 2.21. The Morgan fingerprint density at radius 3 is 2.25 bits per heavy atom. The van der Waals surface area contributed by atoms with Crippen molar-refractivity contribution in [1.82, 2.24) is 14.5 Å². The van der Waals surface area contributed by atoms with Gasteiger partial charge in [0.15, 0.2) is 10.8 Å². The van der Waals surface area contributed by atoms with E-state index in [1.165, 1.54) is 4.98 Å². The van der Waals surface area contributed by atoms with Crippen LogP contribution in [0.5, 0.6) is 11.6 Å². The van der Waals surface area contributed by atoms with Gasteiger partial charge in [0.25, 0.3) is 5.56 Å². The van der Waals surface area contributed by atoms with Gasteiger partial charge in [0.2, 0.25) is 5.88 Å². The van der Waals surface area contributed by atoms with Crippen molar-refractivity contribution in [1.29, 1.82) is 0 Å². The zero-order chi connectivity index (χ0) is 24.1. The van der Waals surface area contributed by atoms with E-state index in [1.54, 1.807) is 0 Å². The summed E-state index contributed by atoms with van der Waals surface area (Å²) >= 11 is 29.4. The molecule has 0 amide bonds. The van der Waals surface area contributed by atoms with E-state index < -0.39 is 57.0 Å². The number of halogens is 9. The second-order valence-corrected chi connectivity index (χ2v) is 7.74. The van der Waals surface area contributed by atoms with Crippen LogP contribution in [0.2, 0.25) is 25.2 Å². The molecular formula is C16H5Cl5F4N4O3. The number of anilines is 1. The van der Waals surface area contributed by atoms with Crippen molar-refractivity contribution in [2.45, 2.75) is 6.18 Å². The molecule has 0 aliphatic heterocycles. The number of nitrogens with one attached hydrogen (secondary N) is 1. The average Bonchev–Trinajstić information content (AvgIpc) is 2.69. The Labute approximate surface area is 199 Å². The van der Waals surface area contributed by atoms with Gasteiger partial charge in [0, 0.05) is 6.07 Å². The summed E-state index contributed by atoms with van der Waals surface area (Å²) < 4.78 is 58.8. The van der Waals surface area contributed by atoms with Gasteiger partial charge in [-0.05, 0) is 6.07 Å². The number of hydrogen-bond donors (Lipinski definition) is 2. The van der Waals surface area contributed by atoms with Gasteiger partial charge in [0.05, 0.1) is 20.8 Å². The number of nitrogens with zero attached hydrogens (tertiary/aromatic N) is 2. The lowest BCUT2D eigenvalue weighted by molar-refractivity contribution is -0.140. The highest BCUT2D eigenvalue weighted by Gasteiger charge is 2.36. The summed E-state index contributed by atoms with van der Waals surface area (Å²) in [4.78, 5) is 29.7. The maximum atomic E-state index is 14.5. The number of benzene rings is 1. The molecule has 1 aromatic carbocycles. The molecule has 3 aromatic rings. The first-order valence-corrected chi connectivity index (χ1v) is 9.72. The molecule has 16 heteroatoms. The monoisotopic (exact) mass is 552 g/mol. The summed E-state index contributed by atoms with van der Waals surface area (Å²) in [5.74, 6) is -2.12. The quantitative estimate of drug-likeness (QED) is 0.319. The van der Waals surface area contributed by atoms with Crippen molar-refractivity contribution >= 4 is 63.7 Å². The number of alkyl halides is 3. The van der Waals surface area contributed by atoms with Crippen LogP contribution in [-0.2, 0) is 6.18 Å². The minimum atomic E-state index is -5.14. The van der Waals surface area contributed by atoms with Crippen LogP contribution >= 0.6 is 58.0 Å². The SMILES string of the molecule is Nc1c(C(F)(F)F)[nH]c(=O)n(-c2cc(Oc3nc(Cl)c(Cl)c(Cl)c3Cl)c(Cl)cc2F)c1=O. The average molecular weight is 554 g/mol. The molecule has 0 radical (unpaired) electrons. The second-order valence-electron chi connectivity index (χ2n) is 5.84. The van der Waals surface area contributed by atoms with E-state index in [2.05, 4.69) is 4.98 Å². The Morgan fingerprint density at radius 1 is 1.03 bits per heavy atom. The number of rotatable bonds is 3. The summed E-state index contributed by atoms with van der Waals surface area (Å²) in [6, 6.07) is 1.36. The number of nitrogens with two attached hydrogens (primary N) is 1. The van der Waals surface area contributed by atoms with Gasteiger partial charge in [0.1, 0.15) is 22.3 Å². The van der Waals surface area contributed by atoms with Crippen molar-refractivity contribution in [2.75, 3.05) is 5.73 Å². The number of pyridine rings is 1. The molecule has 0 unspecified atom stereocenters. The van der Waals surface area contributed by atoms with Crippen molar-refractivity contribution in [2.24, 2.45) is 0 Å². The van der Waals surface area contributed by atoms with E-state index in [9.17, 15) is 27.2 Å². The molecule has 0 aliphatic carbocycles. The molecule has 2 heterocycles. The molecule has 7 nitrogen and oxygen atoms in total. The lowest BCUT2D eigenvalue weighted by atomic mass is 10.2. The van der Waals surface area contributed by atoms with E-state index in [4.69, 9.17) is 68.5 Å². The van der Waals surface area contributed by atoms with Gasteiger partial charge < -0.3 is 15.5 Å². The molecule has 32 heavy (non-hydrogen) atoms. The number of aromatic nitrogens is 3. The Hall–Kier alpha value is -2.18. The third-order valence-corrected chi connectivity index (χ3v) is 5.78. The van der Waals surface area contributed by atoms with Crippen LogP contribution < -0.4 is 21.7 Å². The molecule has 0 spiro atoms. The smallest absolute Gasteiger partial charge is 0.433 e. The van der Waals surface area contributed by atoms with Gasteiger partial charge in [-0.25, -0.2) is 13.8 Å². The van der Waals surface area contributed by atoms with Gasteiger partial charge in [-0.3, -0.25) is 4.79 Å². The molecule has 3 rings (SSSR count).